The summed E-state index contributed by atoms with van der Waals surface area (Å²) in [5, 5.41) is 8.79. The van der Waals surface area contributed by atoms with Crippen LogP contribution in [0.2, 0.25) is 0 Å². The fourth-order valence-electron chi connectivity index (χ4n) is 1.40. The Labute approximate surface area is 97.6 Å². The minimum Gasteiger partial charge on any atom is -0.480 e. The van der Waals surface area contributed by atoms with Gasteiger partial charge >= 0.3 is 5.97 Å². The number of rotatable bonds is 6. The average molecular weight is 229 g/mol. The van der Waals surface area contributed by atoms with Crippen LogP contribution in [0.5, 0.6) is 0 Å². The highest BCUT2D eigenvalue weighted by atomic mass is 16.4. The molecule has 1 N–H and O–H groups in total. The van der Waals surface area contributed by atoms with Gasteiger partial charge in [0, 0.05) is 12.0 Å². The van der Waals surface area contributed by atoms with Crippen molar-refractivity contribution in [1.82, 2.24) is 4.90 Å². The van der Waals surface area contributed by atoms with Gasteiger partial charge in [-0.25, -0.2) is 0 Å². The van der Waals surface area contributed by atoms with Crippen LogP contribution in [0.3, 0.4) is 0 Å². The second-order valence-electron chi connectivity index (χ2n) is 5.21. The molecule has 0 spiro atoms. The van der Waals surface area contributed by atoms with Gasteiger partial charge in [-0.15, -0.1) is 0 Å². The van der Waals surface area contributed by atoms with Crippen molar-refractivity contribution in [2.24, 2.45) is 11.3 Å². The van der Waals surface area contributed by atoms with Crippen LogP contribution in [-0.2, 0) is 9.59 Å². The highest BCUT2D eigenvalue weighted by Crippen LogP contribution is 2.23. The third-order valence-electron chi connectivity index (χ3n) is 2.66. The topological polar surface area (TPSA) is 57.6 Å². The summed E-state index contributed by atoms with van der Waals surface area (Å²) in [6.07, 6.45) is 0.708. The summed E-state index contributed by atoms with van der Waals surface area (Å²) >= 11 is 0. The third-order valence-corrected chi connectivity index (χ3v) is 2.66. The molecule has 0 aromatic heterocycles. The number of amides is 1. The van der Waals surface area contributed by atoms with E-state index in [0.717, 1.165) is 0 Å². The maximum absolute atomic E-state index is 12.1. The van der Waals surface area contributed by atoms with Gasteiger partial charge in [-0.2, -0.15) is 0 Å². The molecule has 0 atom stereocenters. The predicted octanol–water partition coefficient (Wildman–Crippen LogP) is 1.99. The maximum atomic E-state index is 12.1. The van der Waals surface area contributed by atoms with Crippen LogP contribution >= 0.6 is 0 Å². The molecule has 0 saturated heterocycles. The molecule has 0 aromatic carbocycles. The van der Waals surface area contributed by atoms with Crippen LogP contribution in [0.1, 0.15) is 41.0 Å². The Balaban J connectivity index is 4.75. The fourth-order valence-corrected chi connectivity index (χ4v) is 1.40. The number of carboxylic acids is 1. The largest absolute Gasteiger partial charge is 0.480 e. The molecular formula is C12H23NO3. The van der Waals surface area contributed by atoms with E-state index in [1.54, 1.807) is 0 Å². The van der Waals surface area contributed by atoms with Crippen LogP contribution < -0.4 is 0 Å². The van der Waals surface area contributed by atoms with E-state index in [4.69, 9.17) is 5.11 Å². The summed E-state index contributed by atoms with van der Waals surface area (Å²) in [6, 6.07) is 0. The lowest BCUT2D eigenvalue weighted by atomic mass is 9.88. The summed E-state index contributed by atoms with van der Waals surface area (Å²) in [5.41, 5.74) is -0.482. The van der Waals surface area contributed by atoms with Crippen molar-refractivity contribution in [1.29, 1.82) is 0 Å². The minimum absolute atomic E-state index is 0.0777. The van der Waals surface area contributed by atoms with Gasteiger partial charge in [0.1, 0.15) is 6.54 Å². The summed E-state index contributed by atoms with van der Waals surface area (Å²) in [6.45, 7) is 9.87. The van der Waals surface area contributed by atoms with Crippen molar-refractivity contribution in [3.8, 4) is 0 Å². The van der Waals surface area contributed by atoms with Crippen LogP contribution in [0.4, 0.5) is 0 Å². The van der Waals surface area contributed by atoms with E-state index in [9.17, 15) is 9.59 Å². The monoisotopic (exact) mass is 229 g/mol. The number of carbonyl (C=O) groups is 2. The van der Waals surface area contributed by atoms with Crippen molar-refractivity contribution in [3.63, 3.8) is 0 Å². The Hall–Kier alpha value is -1.06. The molecule has 4 heteroatoms. The molecule has 0 saturated carbocycles. The van der Waals surface area contributed by atoms with Crippen molar-refractivity contribution in [2.45, 2.75) is 41.0 Å². The van der Waals surface area contributed by atoms with Gasteiger partial charge in [-0.3, -0.25) is 9.59 Å². The Morgan fingerprint density at radius 1 is 1.31 bits per heavy atom. The van der Waals surface area contributed by atoms with Gasteiger partial charge in [0.25, 0.3) is 0 Å². The number of aliphatic carboxylic acids is 1. The SMILES string of the molecule is CCC(C)(C)C(=O)N(CC(=O)O)CC(C)C. The van der Waals surface area contributed by atoms with Crippen molar-refractivity contribution < 1.29 is 14.7 Å². The molecule has 0 rings (SSSR count). The molecule has 0 unspecified atom stereocenters. The number of hydrogen-bond donors (Lipinski definition) is 1. The van der Waals surface area contributed by atoms with E-state index in [-0.39, 0.29) is 18.4 Å². The Bertz CT molecular complexity index is 259. The molecule has 94 valence electrons. The van der Waals surface area contributed by atoms with Gasteiger partial charge in [-0.05, 0) is 12.3 Å². The van der Waals surface area contributed by atoms with Crippen molar-refractivity contribution >= 4 is 11.9 Å². The number of carboxylic acid groups (broad SMARTS) is 1. The molecule has 0 heterocycles. The molecule has 0 aliphatic rings. The molecule has 4 nitrogen and oxygen atoms in total. The minimum atomic E-state index is -0.957. The van der Waals surface area contributed by atoms with Gasteiger partial charge in [0.15, 0.2) is 0 Å². The van der Waals surface area contributed by atoms with E-state index >= 15 is 0 Å². The maximum Gasteiger partial charge on any atom is 0.323 e. The zero-order valence-electron chi connectivity index (χ0n) is 10.9. The Morgan fingerprint density at radius 2 is 1.81 bits per heavy atom. The standard InChI is InChI=1S/C12H23NO3/c1-6-12(4,5)11(16)13(7-9(2)3)8-10(14)15/h9H,6-8H2,1-5H3,(H,14,15). The lowest BCUT2D eigenvalue weighted by Crippen LogP contribution is -2.45. The highest BCUT2D eigenvalue weighted by molar-refractivity contribution is 5.85. The van der Waals surface area contributed by atoms with E-state index in [1.165, 1.54) is 4.90 Å². The molecular weight excluding hydrogens is 206 g/mol. The Morgan fingerprint density at radius 3 is 2.12 bits per heavy atom. The smallest absolute Gasteiger partial charge is 0.323 e. The summed E-state index contributed by atoms with van der Waals surface area (Å²) < 4.78 is 0. The quantitative estimate of drug-likeness (QED) is 0.757. The first kappa shape index (κ1) is 14.9. The fraction of sp³-hybridized carbons (Fsp3) is 0.833. The first-order valence-electron chi connectivity index (χ1n) is 5.72. The van der Waals surface area contributed by atoms with Gasteiger partial charge in [-0.1, -0.05) is 34.6 Å². The van der Waals surface area contributed by atoms with Crippen LogP contribution in [0, 0.1) is 11.3 Å². The number of hydrogen-bond acceptors (Lipinski definition) is 2. The second kappa shape index (κ2) is 5.87. The van der Waals surface area contributed by atoms with Crippen molar-refractivity contribution in [2.75, 3.05) is 13.1 Å². The summed E-state index contributed by atoms with van der Waals surface area (Å²) in [5.74, 6) is -0.761. The van der Waals surface area contributed by atoms with Crippen LogP contribution in [-0.4, -0.2) is 35.0 Å². The summed E-state index contributed by atoms with van der Waals surface area (Å²) in [4.78, 5) is 24.3. The van der Waals surface area contributed by atoms with Crippen molar-refractivity contribution in [3.05, 3.63) is 0 Å². The lowest BCUT2D eigenvalue weighted by molar-refractivity contribution is -0.149. The molecule has 0 aromatic rings. The van der Waals surface area contributed by atoms with E-state index in [1.807, 2.05) is 34.6 Å². The van der Waals surface area contributed by atoms with Gasteiger partial charge in [0.05, 0.1) is 0 Å². The number of carbonyl (C=O) groups excluding carboxylic acids is 1. The average Bonchev–Trinajstić information content (AvgIpc) is 2.14. The number of nitrogens with zero attached hydrogens (tertiary/aromatic N) is 1. The normalized spacial score (nSPS) is 11.6. The van der Waals surface area contributed by atoms with E-state index < -0.39 is 11.4 Å². The zero-order chi connectivity index (χ0) is 12.9. The lowest BCUT2D eigenvalue weighted by Gasteiger charge is -2.31. The molecule has 0 fully saturated rings. The molecule has 0 radical (unpaired) electrons. The first-order valence-corrected chi connectivity index (χ1v) is 5.72. The third kappa shape index (κ3) is 4.64. The van der Waals surface area contributed by atoms with Gasteiger partial charge < -0.3 is 10.0 Å². The molecule has 16 heavy (non-hydrogen) atoms. The van der Waals surface area contributed by atoms with Crippen LogP contribution in [0.15, 0.2) is 0 Å². The second-order valence-corrected chi connectivity index (χ2v) is 5.21. The molecule has 0 bridgehead atoms. The van der Waals surface area contributed by atoms with Gasteiger partial charge in [0.2, 0.25) is 5.91 Å². The first-order chi connectivity index (χ1) is 7.20. The van der Waals surface area contributed by atoms with E-state index in [0.29, 0.717) is 13.0 Å². The highest BCUT2D eigenvalue weighted by Gasteiger charge is 2.31. The molecule has 1 amide bonds. The molecule has 0 aliphatic carbocycles. The summed E-state index contributed by atoms with van der Waals surface area (Å²) in [7, 11) is 0. The van der Waals surface area contributed by atoms with Crippen LogP contribution in [0.25, 0.3) is 0 Å². The predicted molar refractivity (Wildman–Crippen MR) is 63.1 cm³/mol. The zero-order valence-corrected chi connectivity index (χ0v) is 10.9. The molecule has 0 aliphatic heterocycles. The van der Waals surface area contributed by atoms with E-state index in [2.05, 4.69) is 0 Å². The Kier molecular flexibility index (Phi) is 5.48.